The SMILES string of the molecule is CC(C)(C)CN1C[C@@H](NC(=O)c2cnc(-c3cccnc3)nc2)CC1=O. The van der Waals surface area contributed by atoms with Gasteiger partial charge in [0.25, 0.3) is 5.91 Å². The van der Waals surface area contributed by atoms with Crippen molar-refractivity contribution < 1.29 is 9.59 Å². The number of likely N-dealkylation sites (tertiary alicyclic amines) is 1. The van der Waals surface area contributed by atoms with Crippen LogP contribution in [0.4, 0.5) is 0 Å². The maximum Gasteiger partial charge on any atom is 0.254 e. The second-order valence-electron chi connectivity index (χ2n) is 7.75. The molecule has 1 saturated heterocycles. The van der Waals surface area contributed by atoms with E-state index in [-0.39, 0.29) is 23.3 Å². The van der Waals surface area contributed by atoms with Crippen molar-refractivity contribution in [1.29, 1.82) is 0 Å². The molecule has 7 heteroatoms. The Hall–Kier alpha value is -2.83. The third-order valence-corrected chi connectivity index (χ3v) is 4.05. The van der Waals surface area contributed by atoms with Gasteiger partial charge in [0.2, 0.25) is 5.91 Å². The van der Waals surface area contributed by atoms with E-state index in [0.717, 1.165) is 5.56 Å². The average molecular weight is 353 g/mol. The maximum absolute atomic E-state index is 12.4. The highest BCUT2D eigenvalue weighted by Gasteiger charge is 2.32. The Morgan fingerprint density at radius 3 is 2.62 bits per heavy atom. The van der Waals surface area contributed by atoms with E-state index in [1.54, 1.807) is 18.5 Å². The third-order valence-electron chi connectivity index (χ3n) is 4.05. The largest absolute Gasteiger partial charge is 0.347 e. The molecule has 7 nitrogen and oxygen atoms in total. The molecule has 0 radical (unpaired) electrons. The van der Waals surface area contributed by atoms with E-state index in [0.29, 0.717) is 30.9 Å². The van der Waals surface area contributed by atoms with Crippen molar-refractivity contribution in [2.75, 3.05) is 13.1 Å². The van der Waals surface area contributed by atoms with Crippen LogP contribution in [0.25, 0.3) is 11.4 Å². The monoisotopic (exact) mass is 353 g/mol. The lowest BCUT2D eigenvalue weighted by atomic mass is 9.96. The molecule has 0 aliphatic carbocycles. The van der Waals surface area contributed by atoms with E-state index in [2.05, 4.69) is 41.0 Å². The predicted molar refractivity (Wildman–Crippen MR) is 97.2 cm³/mol. The van der Waals surface area contributed by atoms with Crippen molar-refractivity contribution in [2.45, 2.75) is 33.2 Å². The Bertz CT molecular complexity index is 784. The van der Waals surface area contributed by atoms with Crippen LogP contribution in [0.1, 0.15) is 37.6 Å². The lowest BCUT2D eigenvalue weighted by Crippen LogP contribution is -2.39. The molecular formula is C19H23N5O2. The summed E-state index contributed by atoms with van der Waals surface area (Å²) in [5, 5.41) is 2.91. The van der Waals surface area contributed by atoms with Gasteiger partial charge >= 0.3 is 0 Å². The van der Waals surface area contributed by atoms with E-state index in [4.69, 9.17) is 0 Å². The van der Waals surface area contributed by atoms with Crippen LogP contribution in [0.15, 0.2) is 36.9 Å². The second-order valence-corrected chi connectivity index (χ2v) is 7.75. The third kappa shape index (κ3) is 4.41. The highest BCUT2D eigenvalue weighted by atomic mass is 16.2. The number of nitrogens with zero attached hydrogens (tertiary/aromatic N) is 4. The molecule has 0 unspecified atom stereocenters. The number of hydrogen-bond acceptors (Lipinski definition) is 5. The molecule has 0 bridgehead atoms. The molecule has 2 aromatic heterocycles. The first-order valence-corrected chi connectivity index (χ1v) is 8.63. The zero-order valence-corrected chi connectivity index (χ0v) is 15.3. The molecule has 0 saturated carbocycles. The Kier molecular flexibility index (Phi) is 4.97. The number of pyridine rings is 1. The summed E-state index contributed by atoms with van der Waals surface area (Å²) in [7, 11) is 0. The van der Waals surface area contributed by atoms with Crippen LogP contribution in [0.3, 0.4) is 0 Å². The fraction of sp³-hybridized carbons (Fsp3) is 0.421. The van der Waals surface area contributed by atoms with Crippen LogP contribution in [-0.2, 0) is 4.79 Å². The van der Waals surface area contributed by atoms with Crippen molar-refractivity contribution in [3.63, 3.8) is 0 Å². The molecule has 136 valence electrons. The standard InChI is InChI=1S/C19H23N5O2/c1-19(2,3)12-24-11-15(7-16(24)25)23-18(26)14-9-21-17(22-10-14)13-5-4-6-20-8-13/h4-6,8-10,15H,7,11-12H2,1-3H3,(H,23,26)/t15-/m0/s1. The molecule has 1 atom stereocenters. The van der Waals surface area contributed by atoms with Crippen molar-refractivity contribution in [1.82, 2.24) is 25.2 Å². The van der Waals surface area contributed by atoms with Crippen LogP contribution in [0.5, 0.6) is 0 Å². The van der Waals surface area contributed by atoms with Crippen LogP contribution >= 0.6 is 0 Å². The molecular weight excluding hydrogens is 330 g/mol. The topological polar surface area (TPSA) is 88.1 Å². The minimum Gasteiger partial charge on any atom is -0.347 e. The lowest BCUT2D eigenvalue weighted by molar-refractivity contribution is -0.128. The van der Waals surface area contributed by atoms with Gasteiger partial charge in [0.15, 0.2) is 5.82 Å². The van der Waals surface area contributed by atoms with Gasteiger partial charge in [-0.25, -0.2) is 9.97 Å². The number of amides is 2. The van der Waals surface area contributed by atoms with Crippen molar-refractivity contribution in [3.05, 3.63) is 42.5 Å². The fourth-order valence-electron chi connectivity index (χ4n) is 2.95. The molecule has 0 spiro atoms. The highest BCUT2D eigenvalue weighted by Crippen LogP contribution is 2.20. The number of carbonyl (C=O) groups is 2. The molecule has 1 N–H and O–H groups in total. The lowest BCUT2D eigenvalue weighted by Gasteiger charge is -2.26. The normalized spacial score (nSPS) is 17.4. The van der Waals surface area contributed by atoms with Crippen LogP contribution in [0.2, 0.25) is 0 Å². The first kappa shape index (κ1) is 18.0. The summed E-state index contributed by atoms with van der Waals surface area (Å²) >= 11 is 0. The first-order chi connectivity index (χ1) is 12.3. The Labute approximate surface area is 152 Å². The number of carbonyl (C=O) groups excluding carboxylic acids is 2. The highest BCUT2D eigenvalue weighted by molar-refractivity contribution is 5.94. The molecule has 2 amide bonds. The zero-order chi connectivity index (χ0) is 18.7. The summed E-state index contributed by atoms with van der Waals surface area (Å²) in [6, 6.07) is 3.48. The molecule has 3 rings (SSSR count). The Balaban J connectivity index is 1.61. The smallest absolute Gasteiger partial charge is 0.254 e. The molecule has 1 aliphatic rings. The van der Waals surface area contributed by atoms with Gasteiger partial charge in [0.1, 0.15) is 0 Å². The van der Waals surface area contributed by atoms with Crippen LogP contribution < -0.4 is 5.32 Å². The zero-order valence-electron chi connectivity index (χ0n) is 15.3. The Morgan fingerprint density at radius 2 is 2.00 bits per heavy atom. The molecule has 1 aliphatic heterocycles. The van der Waals surface area contributed by atoms with E-state index >= 15 is 0 Å². The number of hydrogen-bond donors (Lipinski definition) is 1. The molecule has 0 aromatic carbocycles. The average Bonchev–Trinajstić information content (AvgIpc) is 2.93. The Morgan fingerprint density at radius 1 is 1.27 bits per heavy atom. The second kappa shape index (κ2) is 7.19. The van der Waals surface area contributed by atoms with Gasteiger partial charge in [-0.3, -0.25) is 14.6 Å². The van der Waals surface area contributed by atoms with Gasteiger partial charge < -0.3 is 10.2 Å². The molecule has 1 fully saturated rings. The summed E-state index contributed by atoms with van der Waals surface area (Å²) in [6.07, 6.45) is 6.67. The van der Waals surface area contributed by atoms with Gasteiger partial charge in [-0.1, -0.05) is 20.8 Å². The summed E-state index contributed by atoms with van der Waals surface area (Å²) in [4.78, 5) is 38.9. The van der Waals surface area contributed by atoms with Crippen molar-refractivity contribution in [2.24, 2.45) is 5.41 Å². The summed E-state index contributed by atoms with van der Waals surface area (Å²) in [6.45, 7) is 7.49. The van der Waals surface area contributed by atoms with Crippen molar-refractivity contribution >= 4 is 11.8 Å². The summed E-state index contributed by atoms with van der Waals surface area (Å²) in [5.41, 5.74) is 1.20. The van der Waals surface area contributed by atoms with Gasteiger partial charge in [0, 0.05) is 49.9 Å². The van der Waals surface area contributed by atoms with Crippen LogP contribution in [0, 0.1) is 5.41 Å². The van der Waals surface area contributed by atoms with E-state index in [1.807, 2.05) is 11.0 Å². The molecule has 2 aromatic rings. The van der Waals surface area contributed by atoms with E-state index < -0.39 is 0 Å². The summed E-state index contributed by atoms with van der Waals surface area (Å²) in [5.74, 6) is 0.327. The number of rotatable bonds is 4. The summed E-state index contributed by atoms with van der Waals surface area (Å²) < 4.78 is 0. The van der Waals surface area contributed by atoms with Gasteiger partial charge in [-0.05, 0) is 17.5 Å². The predicted octanol–water partition coefficient (Wildman–Crippen LogP) is 1.92. The first-order valence-electron chi connectivity index (χ1n) is 8.63. The minimum absolute atomic E-state index is 0.0323. The maximum atomic E-state index is 12.4. The van der Waals surface area contributed by atoms with Gasteiger partial charge in [-0.2, -0.15) is 0 Å². The quantitative estimate of drug-likeness (QED) is 0.907. The number of nitrogens with one attached hydrogen (secondary N) is 1. The van der Waals surface area contributed by atoms with E-state index in [1.165, 1.54) is 12.4 Å². The van der Waals surface area contributed by atoms with Crippen molar-refractivity contribution in [3.8, 4) is 11.4 Å². The fourth-order valence-corrected chi connectivity index (χ4v) is 2.95. The van der Waals surface area contributed by atoms with Gasteiger partial charge in [0.05, 0.1) is 11.6 Å². The molecule has 3 heterocycles. The van der Waals surface area contributed by atoms with E-state index in [9.17, 15) is 9.59 Å². The number of aromatic nitrogens is 3. The molecule has 26 heavy (non-hydrogen) atoms. The minimum atomic E-state index is -0.266. The van der Waals surface area contributed by atoms with Gasteiger partial charge in [-0.15, -0.1) is 0 Å². The van der Waals surface area contributed by atoms with Crippen LogP contribution in [-0.4, -0.2) is 50.8 Å².